The fraction of sp³-hybridized carbons (Fsp3) is 0.375. The summed E-state index contributed by atoms with van der Waals surface area (Å²) in [6.07, 6.45) is 2.43. The van der Waals surface area contributed by atoms with E-state index in [0.29, 0.717) is 6.10 Å². The summed E-state index contributed by atoms with van der Waals surface area (Å²) in [4.78, 5) is 1.44. The molecule has 0 aliphatic carbocycles. The third-order valence-corrected chi connectivity index (χ3v) is 4.39. The second-order valence-corrected chi connectivity index (χ2v) is 6.12. The molecule has 0 saturated carbocycles. The molecule has 1 N–H and O–H groups in total. The Morgan fingerprint density at radius 1 is 1.37 bits per heavy atom. The summed E-state index contributed by atoms with van der Waals surface area (Å²) in [6, 6.07) is 10.7. The molecule has 1 aliphatic heterocycles. The van der Waals surface area contributed by atoms with Crippen LogP contribution in [0.1, 0.15) is 16.0 Å². The second-order valence-electron chi connectivity index (χ2n) is 5.09. The molecule has 1 atom stereocenters. The van der Waals surface area contributed by atoms with Gasteiger partial charge in [0.05, 0.1) is 0 Å². The van der Waals surface area contributed by atoms with Gasteiger partial charge in [0.1, 0.15) is 11.9 Å². The molecule has 2 aromatic rings. The SMILES string of the molecule is Cc1ccc2c(c1)CC(CNCCc1cccs1)O2. The van der Waals surface area contributed by atoms with E-state index in [1.165, 1.54) is 16.0 Å². The molecule has 2 nitrogen and oxygen atoms in total. The molecule has 3 heteroatoms. The number of thiophene rings is 1. The summed E-state index contributed by atoms with van der Waals surface area (Å²) >= 11 is 1.83. The molecule has 1 aromatic heterocycles. The van der Waals surface area contributed by atoms with Crippen molar-refractivity contribution in [3.8, 4) is 5.75 Å². The summed E-state index contributed by atoms with van der Waals surface area (Å²) in [5.74, 6) is 1.07. The van der Waals surface area contributed by atoms with Crippen molar-refractivity contribution in [2.45, 2.75) is 25.9 Å². The second kappa shape index (κ2) is 5.76. The summed E-state index contributed by atoms with van der Waals surface area (Å²) in [7, 11) is 0. The zero-order chi connectivity index (χ0) is 13.1. The van der Waals surface area contributed by atoms with Gasteiger partial charge in [0.15, 0.2) is 0 Å². The van der Waals surface area contributed by atoms with E-state index >= 15 is 0 Å². The molecule has 3 rings (SSSR count). The van der Waals surface area contributed by atoms with Crippen molar-refractivity contribution in [2.24, 2.45) is 0 Å². The third-order valence-electron chi connectivity index (χ3n) is 3.46. The molecular formula is C16H19NOS. The lowest BCUT2D eigenvalue weighted by atomic mass is 10.1. The number of fused-ring (bicyclic) bond motifs is 1. The maximum Gasteiger partial charge on any atom is 0.123 e. The van der Waals surface area contributed by atoms with E-state index in [2.05, 4.69) is 48.0 Å². The normalized spacial score (nSPS) is 17.2. The van der Waals surface area contributed by atoms with Crippen LogP contribution in [-0.4, -0.2) is 19.2 Å². The van der Waals surface area contributed by atoms with E-state index < -0.39 is 0 Å². The van der Waals surface area contributed by atoms with Gasteiger partial charge in [-0.15, -0.1) is 11.3 Å². The molecule has 0 radical (unpaired) electrons. The zero-order valence-corrected chi connectivity index (χ0v) is 12.0. The maximum absolute atomic E-state index is 5.94. The fourth-order valence-corrected chi connectivity index (χ4v) is 3.20. The minimum atomic E-state index is 0.292. The van der Waals surface area contributed by atoms with Gasteiger partial charge in [-0.1, -0.05) is 23.8 Å². The van der Waals surface area contributed by atoms with Crippen LogP contribution in [0.15, 0.2) is 35.7 Å². The highest BCUT2D eigenvalue weighted by Crippen LogP contribution is 2.29. The lowest BCUT2D eigenvalue weighted by Crippen LogP contribution is -2.31. The van der Waals surface area contributed by atoms with Gasteiger partial charge in [-0.05, 0) is 36.4 Å². The van der Waals surface area contributed by atoms with Crippen molar-refractivity contribution in [1.29, 1.82) is 0 Å². The number of rotatable bonds is 5. The highest BCUT2D eigenvalue weighted by molar-refractivity contribution is 7.09. The Morgan fingerprint density at radius 2 is 2.32 bits per heavy atom. The molecule has 0 bridgehead atoms. The molecule has 0 spiro atoms. The predicted octanol–water partition coefficient (Wildman–Crippen LogP) is 3.19. The number of benzene rings is 1. The highest BCUT2D eigenvalue weighted by atomic mass is 32.1. The van der Waals surface area contributed by atoms with Crippen molar-refractivity contribution < 1.29 is 4.74 Å². The first-order valence-electron chi connectivity index (χ1n) is 6.80. The quantitative estimate of drug-likeness (QED) is 0.845. The maximum atomic E-state index is 5.94. The molecule has 2 heterocycles. The van der Waals surface area contributed by atoms with Gasteiger partial charge < -0.3 is 10.1 Å². The molecule has 1 aliphatic rings. The molecule has 1 unspecified atom stereocenters. The highest BCUT2D eigenvalue weighted by Gasteiger charge is 2.22. The minimum absolute atomic E-state index is 0.292. The van der Waals surface area contributed by atoms with Gasteiger partial charge in [0.2, 0.25) is 0 Å². The number of hydrogen-bond donors (Lipinski definition) is 1. The zero-order valence-electron chi connectivity index (χ0n) is 11.2. The van der Waals surface area contributed by atoms with E-state index in [0.717, 1.165) is 31.7 Å². The average molecular weight is 273 g/mol. The van der Waals surface area contributed by atoms with Gasteiger partial charge in [-0.25, -0.2) is 0 Å². The first-order chi connectivity index (χ1) is 9.31. The first-order valence-corrected chi connectivity index (χ1v) is 7.68. The molecule has 0 amide bonds. The van der Waals surface area contributed by atoms with Crippen LogP contribution in [0.3, 0.4) is 0 Å². The molecule has 0 fully saturated rings. The van der Waals surface area contributed by atoms with Gasteiger partial charge in [0.25, 0.3) is 0 Å². The van der Waals surface area contributed by atoms with E-state index in [-0.39, 0.29) is 0 Å². The fourth-order valence-electron chi connectivity index (χ4n) is 2.49. The lowest BCUT2D eigenvalue weighted by molar-refractivity contribution is 0.228. The van der Waals surface area contributed by atoms with Crippen LogP contribution in [0.25, 0.3) is 0 Å². The van der Waals surface area contributed by atoms with Gasteiger partial charge in [-0.3, -0.25) is 0 Å². The summed E-state index contributed by atoms with van der Waals surface area (Å²) in [5, 5.41) is 5.63. The van der Waals surface area contributed by atoms with Crippen molar-refractivity contribution in [3.05, 3.63) is 51.7 Å². The van der Waals surface area contributed by atoms with Crippen molar-refractivity contribution in [1.82, 2.24) is 5.32 Å². The topological polar surface area (TPSA) is 21.3 Å². The standard InChI is InChI=1S/C16H19NOS/c1-12-4-5-16-13(9-12)10-14(18-16)11-17-7-6-15-3-2-8-19-15/h2-5,8-9,14,17H,6-7,10-11H2,1H3. The molecule has 100 valence electrons. The smallest absolute Gasteiger partial charge is 0.123 e. The van der Waals surface area contributed by atoms with Gasteiger partial charge >= 0.3 is 0 Å². The molecule has 0 saturated heterocycles. The monoisotopic (exact) mass is 273 g/mol. The Morgan fingerprint density at radius 3 is 3.16 bits per heavy atom. The van der Waals surface area contributed by atoms with Gasteiger partial charge in [-0.2, -0.15) is 0 Å². The molecule has 1 aromatic carbocycles. The first kappa shape index (κ1) is 12.7. The number of hydrogen-bond acceptors (Lipinski definition) is 3. The van der Waals surface area contributed by atoms with Crippen LogP contribution in [-0.2, 0) is 12.8 Å². The Bertz CT molecular complexity index is 536. The van der Waals surface area contributed by atoms with Crippen LogP contribution >= 0.6 is 11.3 Å². The van der Waals surface area contributed by atoms with E-state index in [1.807, 2.05) is 11.3 Å². The Hall–Kier alpha value is -1.32. The van der Waals surface area contributed by atoms with Crippen molar-refractivity contribution in [3.63, 3.8) is 0 Å². The Balaban J connectivity index is 1.43. The number of ether oxygens (including phenoxy) is 1. The van der Waals surface area contributed by atoms with E-state index in [1.54, 1.807) is 0 Å². The molecular weight excluding hydrogens is 254 g/mol. The van der Waals surface area contributed by atoms with Crippen LogP contribution in [0.5, 0.6) is 5.75 Å². The predicted molar refractivity (Wildman–Crippen MR) is 80.2 cm³/mol. The van der Waals surface area contributed by atoms with E-state index in [9.17, 15) is 0 Å². The third kappa shape index (κ3) is 3.17. The lowest BCUT2D eigenvalue weighted by Gasteiger charge is -2.11. The Labute approximate surface area is 118 Å². The average Bonchev–Trinajstić information content (AvgIpc) is 3.02. The number of aryl methyl sites for hydroxylation is 1. The minimum Gasteiger partial charge on any atom is -0.488 e. The van der Waals surface area contributed by atoms with Crippen LogP contribution in [0.2, 0.25) is 0 Å². The summed E-state index contributed by atoms with van der Waals surface area (Å²) in [5.41, 5.74) is 2.67. The number of nitrogens with one attached hydrogen (secondary N) is 1. The van der Waals surface area contributed by atoms with Gasteiger partial charge in [0, 0.05) is 24.4 Å². The van der Waals surface area contributed by atoms with E-state index in [4.69, 9.17) is 4.74 Å². The van der Waals surface area contributed by atoms with Crippen LogP contribution in [0, 0.1) is 6.92 Å². The van der Waals surface area contributed by atoms with Crippen LogP contribution in [0.4, 0.5) is 0 Å². The summed E-state index contributed by atoms with van der Waals surface area (Å²) < 4.78 is 5.94. The largest absolute Gasteiger partial charge is 0.488 e. The van der Waals surface area contributed by atoms with Crippen LogP contribution < -0.4 is 10.1 Å². The van der Waals surface area contributed by atoms with Crippen molar-refractivity contribution in [2.75, 3.05) is 13.1 Å². The van der Waals surface area contributed by atoms with Crippen molar-refractivity contribution >= 4 is 11.3 Å². The Kier molecular flexibility index (Phi) is 3.85. The molecule has 19 heavy (non-hydrogen) atoms. The summed E-state index contributed by atoms with van der Waals surface area (Å²) in [6.45, 7) is 4.09.